The average Bonchev–Trinajstić information content (AvgIpc) is 3.43. The minimum atomic E-state index is -1.07. The van der Waals surface area contributed by atoms with Crippen LogP contribution in [0.5, 0.6) is 0 Å². The molecule has 1 fully saturated rings. The quantitative estimate of drug-likeness (QED) is 0.669. The molecular weight excluding hydrogens is 424 g/mol. The minimum absolute atomic E-state index is 0.0142. The SMILES string of the molecule is C[C@@H](C(=O)O)N(C)C(=O)C1CCC(CNC(=O)OCC2c3ccccc3-c3ccccc32)O1. The van der Waals surface area contributed by atoms with Crippen molar-refractivity contribution >= 4 is 18.0 Å². The van der Waals surface area contributed by atoms with Gasteiger partial charge in [-0.15, -0.1) is 0 Å². The molecule has 0 spiro atoms. The minimum Gasteiger partial charge on any atom is -0.480 e. The molecule has 1 aliphatic carbocycles. The van der Waals surface area contributed by atoms with Gasteiger partial charge in [-0.1, -0.05) is 48.5 Å². The van der Waals surface area contributed by atoms with E-state index in [1.165, 1.54) is 30.0 Å². The molecule has 2 N–H and O–H groups in total. The molecule has 0 saturated carbocycles. The fourth-order valence-corrected chi connectivity index (χ4v) is 4.47. The maximum atomic E-state index is 12.5. The van der Waals surface area contributed by atoms with Crippen molar-refractivity contribution < 1.29 is 29.0 Å². The molecule has 33 heavy (non-hydrogen) atoms. The van der Waals surface area contributed by atoms with Gasteiger partial charge in [0, 0.05) is 19.5 Å². The number of carbonyl (C=O) groups is 3. The van der Waals surface area contributed by atoms with Crippen LogP contribution in [0.2, 0.25) is 0 Å². The van der Waals surface area contributed by atoms with Crippen LogP contribution in [0, 0.1) is 0 Å². The molecular formula is C25H28N2O6. The highest BCUT2D eigenvalue weighted by atomic mass is 16.5. The Hall–Kier alpha value is -3.39. The summed E-state index contributed by atoms with van der Waals surface area (Å²) in [6, 6.07) is 15.3. The molecule has 2 amide bonds. The second-order valence-corrected chi connectivity index (χ2v) is 8.49. The van der Waals surface area contributed by atoms with Gasteiger partial charge in [0.15, 0.2) is 0 Å². The van der Waals surface area contributed by atoms with Crippen molar-refractivity contribution in [2.45, 2.75) is 43.9 Å². The van der Waals surface area contributed by atoms with Gasteiger partial charge in [0.05, 0.1) is 6.10 Å². The summed E-state index contributed by atoms with van der Waals surface area (Å²) in [6.07, 6.45) is -0.493. The second-order valence-electron chi connectivity index (χ2n) is 8.49. The normalized spacial score (nSPS) is 19.9. The zero-order chi connectivity index (χ0) is 23.5. The third-order valence-corrected chi connectivity index (χ3v) is 6.49. The van der Waals surface area contributed by atoms with Crippen LogP contribution in [0.3, 0.4) is 0 Å². The van der Waals surface area contributed by atoms with Crippen LogP contribution in [-0.4, -0.2) is 66.4 Å². The largest absolute Gasteiger partial charge is 0.480 e. The van der Waals surface area contributed by atoms with E-state index in [4.69, 9.17) is 14.6 Å². The first-order valence-corrected chi connectivity index (χ1v) is 11.1. The van der Waals surface area contributed by atoms with E-state index in [1.807, 2.05) is 24.3 Å². The van der Waals surface area contributed by atoms with Gasteiger partial charge < -0.3 is 24.8 Å². The highest BCUT2D eigenvalue weighted by molar-refractivity contribution is 5.86. The summed E-state index contributed by atoms with van der Waals surface area (Å²) >= 11 is 0. The smallest absolute Gasteiger partial charge is 0.407 e. The van der Waals surface area contributed by atoms with Crippen molar-refractivity contribution in [2.75, 3.05) is 20.2 Å². The van der Waals surface area contributed by atoms with E-state index in [1.54, 1.807) is 0 Å². The Labute approximate surface area is 192 Å². The van der Waals surface area contributed by atoms with Gasteiger partial charge in [-0.3, -0.25) is 4.79 Å². The first kappa shape index (κ1) is 22.8. The summed E-state index contributed by atoms with van der Waals surface area (Å²) in [6.45, 7) is 1.90. The van der Waals surface area contributed by atoms with Crippen molar-refractivity contribution in [1.82, 2.24) is 10.2 Å². The summed E-state index contributed by atoms with van der Waals surface area (Å²) < 4.78 is 11.3. The van der Waals surface area contributed by atoms with E-state index < -0.39 is 24.2 Å². The molecule has 2 aromatic carbocycles. The van der Waals surface area contributed by atoms with Crippen LogP contribution in [0.15, 0.2) is 48.5 Å². The number of carboxylic acids is 1. The lowest BCUT2D eigenvalue weighted by molar-refractivity contribution is -0.153. The third kappa shape index (κ3) is 4.71. The summed E-state index contributed by atoms with van der Waals surface area (Å²) in [5.74, 6) is -1.45. The number of fused-ring (bicyclic) bond motifs is 3. The highest BCUT2D eigenvalue weighted by Crippen LogP contribution is 2.44. The summed E-state index contributed by atoms with van der Waals surface area (Å²) in [4.78, 5) is 37.1. The van der Waals surface area contributed by atoms with E-state index in [0.717, 1.165) is 11.1 Å². The highest BCUT2D eigenvalue weighted by Gasteiger charge is 2.35. The first-order chi connectivity index (χ1) is 15.9. The molecule has 8 heteroatoms. The third-order valence-electron chi connectivity index (χ3n) is 6.49. The Balaban J connectivity index is 1.26. The number of hydrogen-bond donors (Lipinski definition) is 2. The van der Waals surface area contributed by atoms with Crippen molar-refractivity contribution in [3.8, 4) is 11.1 Å². The van der Waals surface area contributed by atoms with Crippen molar-refractivity contribution in [3.05, 3.63) is 59.7 Å². The Kier molecular flexibility index (Phi) is 6.65. The number of hydrogen-bond acceptors (Lipinski definition) is 5. The number of benzene rings is 2. The van der Waals surface area contributed by atoms with Crippen molar-refractivity contribution in [2.24, 2.45) is 0 Å². The molecule has 4 rings (SSSR count). The Bertz CT molecular complexity index is 1010. The summed E-state index contributed by atoms with van der Waals surface area (Å²) in [5, 5.41) is 11.8. The number of nitrogens with one attached hydrogen (secondary N) is 1. The van der Waals surface area contributed by atoms with E-state index >= 15 is 0 Å². The Morgan fingerprint density at radius 1 is 1.09 bits per heavy atom. The lowest BCUT2D eigenvalue weighted by Crippen LogP contribution is -2.45. The number of aliphatic carboxylic acids is 1. The van der Waals surface area contributed by atoms with Gasteiger partial charge in [-0.25, -0.2) is 9.59 Å². The topological polar surface area (TPSA) is 105 Å². The van der Waals surface area contributed by atoms with Crippen LogP contribution in [-0.2, 0) is 19.1 Å². The van der Waals surface area contributed by atoms with Crippen LogP contribution in [0.4, 0.5) is 4.79 Å². The molecule has 1 heterocycles. The molecule has 8 nitrogen and oxygen atoms in total. The molecule has 1 aliphatic heterocycles. The monoisotopic (exact) mass is 452 g/mol. The lowest BCUT2D eigenvalue weighted by atomic mass is 9.98. The van der Waals surface area contributed by atoms with Gasteiger partial charge in [0.2, 0.25) is 0 Å². The molecule has 2 aromatic rings. The molecule has 0 bridgehead atoms. The number of ether oxygens (including phenoxy) is 2. The number of amides is 2. The number of carbonyl (C=O) groups excluding carboxylic acids is 2. The molecule has 3 atom stereocenters. The zero-order valence-corrected chi connectivity index (χ0v) is 18.7. The van der Waals surface area contributed by atoms with Gasteiger partial charge in [0.1, 0.15) is 18.8 Å². The summed E-state index contributed by atoms with van der Waals surface area (Å²) in [5.41, 5.74) is 4.62. The van der Waals surface area contributed by atoms with Crippen LogP contribution >= 0.6 is 0 Å². The molecule has 0 aromatic heterocycles. The van der Waals surface area contributed by atoms with E-state index in [2.05, 4.69) is 29.6 Å². The maximum Gasteiger partial charge on any atom is 0.407 e. The molecule has 174 valence electrons. The van der Waals surface area contributed by atoms with Crippen molar-refractivity contribution in [3.63, 3.8) is 0 Å². The number of likely N-dealkylation sites (N-methyl/N-ethyl adjacent to an activating group) is 1. The fraction of sp³-hybridized carbons (Fsp3) is 0.400. The maximum absolute atomic E-state index is 12.5. The number of alkyl carbamates (subject to hydrolysis) is 1. The predicted molar refractivity (Wildman–Crippen MR) is 121 cm³/mol. The van der Waals surface area contributed by atoms with Crippen LogP contribution < -0.4 is 5.32 Å². The Morgan fingerprint density at radius 2 is 1.70 bits per heavy atom. The standard InChI is InChI=1S/C25H28N2O6/c1-15(24(29)30)27(2)23(28)22-12-11-16(33-22)13-26-25(31)32-14-21-19-9-5-3-7-17(19)18-8-4-6-10-20(18)21/h3-10,15-16,21-22H,11-14H2,1-2H3,(H,26,31)(H,29,30)/t15-,16?,22?/m0/s1. The second kappa shape index (κ2) is 9.62. The molecule has 1 saturated heterocycles. The average molecular weight is 453 g/mol. The van der Waals surface area contributed by atoms with Gasteiger partial charge in [-0.05, 0) is 42.0 Å². The van der Waals surface area contributed by atoms with Crippen molar-refractivity contribution in [1.29, 1.82) is 0 Å². The fourth-order valence-electron chi connectivity index (χ4n) is 4.47. The van der Waals surface area contributed by atoms with Gasteiger partial charge in [-0.2, -0.15) is 0 Å². The van der Waals surface area contributed by atoms with Gasteiger partial charge in [0.25, 0.3) is 5.91 Å². The van der Waals surface area contributed by atoms with Crippen LogP contribution in [0.1, 0.15) is 36.8 Å². The zero-order valence-electron chi connectivity index (χ0n) is 18.7. The number of nitrogens with zero attached hydrogens (tertiary/aromatic N) is 1. The Morgan fingerprint density at radius 3 is 2.30 bits per heavy atom. The summed E-state index contributed by atoms with van der Waals surface area (Å²) in [7, 11) is 1.45. The van der Waals surface area contributed by atoms with E-state index in [9.17, 15) is 14.4 Å². The molecule has 2 aliphatic rings. The first-order valence-electron chi connectivity index (χ1n) is 11.1. The lowest BCUT2D eigenvalue weighted by Gasteiger charge is -2.24. The number of carboxylic acid groups (broad SMARTS) is 1. The van der Waals surface area contributed by atoms with E-state index in [-0.39, 0.29) is 31.1 Å². The molecule has 0 radical (unpaired) electrons. The van der Waals surface area contributed by atoms with Gasteiger partial charge >= 0.3 is 12.1 Å². The molecule has 2 unspecified atom stereocenters. The predicted octanol–water partition coefficient (Wildman–Crippen LogP) is 3.00. The number of rotatable bonds is 7. The van der Waals surface area contributed by atoms with E-state index in [0.29, 0.717) is 12.8 Å². The van der Waals surface area contributed by atoms with Crippen LogP contribution in [0.25, 0.3) is 11.1 Å².